The van der Waals surface area contributed by atoms with Gasteiger partial charge in [0.05, 0.1) is 0 Å². The van der Waals surface area contributed by atoms with Gasteiger partial charge in [-0.2, -0.15) is 0 Å². The third-order valence-corrected chi connectivity index (χ3v) is 21.1. The summed E-state index contributed by atoms with van der Waals surface area (Å²) in [5.41, 5.74) is 16.6. The van der Waals surface area contributed by atoms with Crippen molar-refractivity contribution in [3.63, 3.8) is 0 Å². The normalized spacial score (nSPS) is 13.7. The molecule has 0 unspecified atom stereocenters. The van der Waals surface area contributed by atoms with E-state index in [9.17, 15) is 0 Å². The zero-order chi connectivity index (χ0) is 41.2. The van der Waals surface area contributed by atoms with Gasteiger partial charge in [-0.25, -0.2) is 0 Å². The quantitative estimate of drug-likeness (QED) is 0.156. The van der Waals surface area contributed by atoms with E-state index in [-0.39, 0.29) is 14.5 Å². The Morgan fingerprint density at radius 3 is 1.30 bits per heavy atom. The van der Waals surface area contributed by atoms with Gasteiger partial charge in [0.15, 0.2) is 0 Å². The molecule has 0 spiro atoms. The Labute approximate surface area is 364 Å². The van der Waals surface area contributed by atoms with Crippen molar-refractivity contribution in [1.29, 1.82) is 0 Å². The molecule has 2 aliphatic rings. The first-order valence-electron chi connectivity index (χ1n) is 21.6. The van der Waals surface area contributed by atoms with Crippen molar-refractivity contribution < 1.29 is 21.3 Å². The Hall–Kier alpha value is -5.49. The molecule has 0 radical (unpaired) electrons. The second-order valence-corrected chi connectivity index (χ2v) is 25.1. The second-order valence-electron chi connectivity index (χ2n) is 18.9. The van der Waals surface area contributed by atoms with Crippen molar-refractivity contribution in [3.05, 3.63) is 225 Å². The summed E-state index contributed by atoms with van der Waals surface area (Å²) < 4.78 is 3.49. The van der Waals surface area contributed by atoms with E-state index in [1.54, 1.807) is 6.49 Å². The van der Waals surface area contributed by atoms with Crippen molar-refractivity contribution in [2.75, 3.05) is 0 Å². The van der Waals surface area contributed by atoms with Crippen LogP contribution >= 0.6 is 0 Å². The van der Waals surface area contributed by atoms with E-state index in [1.165, 1.54) is 88.3 Å². The topological polar surface area (TPSA) is 0 Å². The van der Waals surface area contributed by atoms with Crippen LogP contribution in [0.4, 0.5) is 0 Å². The van der Waals surface area contributed by atoms with Gasteiger partial charge in [-0.3, -0.25) is 0 Å². The molecule has 0 aromatic heterocycles. The van der Waals surface area contributed by atoms with Crippen molar-refractivity contribution in [3.8, 4) is 33.4 Å². The summed E-state index contributed by atoms with van der Waals surface area (Å²) in [7, 11) is 0. The van der Waals surface area contributed by atoms with Gasteiger partial charge in [0.2, 0.25) is 0 Å². The van der Waals surface area contributed by atoms with Gasteiger partial charge in [-0.05, 0) is 0 Å². The molecule has 8 aromatic carbocycles. The predicted octanol–water partition coefficient (Wildman–Crippen LogP) is 15.7. The molecule has 0 aliphatic heterocycles. The Kier molecular flexibility index (Phi) is 9.81. The molecule has 0 nitrogen and oxygen atoms in total. The first-order chi connectivity index (χ1) is 29.0. The van der Waals surface area contributed by atoms with Crippen molar-refractivity contribution in [2.24, 2.45) is 0 Å². The zero-order valence-corrected chi connectivity index (χ0v) is 38.1. The minimum atomic E-state index is -3.10. The molecule has 1 heteroatoms. The summed E-state index contributed by atoms with van der Waals surface area (Å²) in [6.45, 7) is 14.3. The zero-order valence-electron chi connectivity index (χ0n) is 35.7. The molecule has 0 saturated carbocycles. The van der Waals surface area contributed by atoms with Crippen LogP contribution < -0.4 is 0 Å². The average Bonchev–Trinajstić information content (AvgIpc) is 3.91. The molecule has 0 atom stereocenters. The standard InChI is InChI=1S/C33H33.C21H14.C5H5.Zr/c1-32(2,3)30-20-26-24(18-28(30)22-13-9-7-10-14-22)17-25-19-29(23-15-11-8-12-16-23)31(21-27(25)26)33(4,5)6;1-3-7-20-14-16(9-11-18(20)5-1)13-17-10-12-19-6-2-4-8-21(19)15-17;1-2-4-5-3-1;/h7-21H,1-6H3;1-12,14-15H;1-3H,4H2;. The summed E-state index contributed by atoms with van der Waals surface area (Å²) >= 11 is -3.10. The Balaban J connectivity index is 1.38. The molecule has 0 saturated heterocycles. The van der Waals surface area contributed by atoms with Crippen LogP contribution in [0.25, 0.3) is 54.9 Å². The SMILES string of the molecule is CC(C)(C)c1cc2c(cc1-c1ccccc1)[CH]([Zr]([C]1=CC=CC1)=[C](c1ccc3ccccc3c1)c1ccc3ccccc3c1)c1cc(-c3ccccc3)c(C(C)(C)C)cc1-2. The van der Waals surface area contributed by atoms with Crippen LogP contribution in [0.5, 0.6) is 0 Å². The van der Waals surface area contributed by atoms with E-state index in [2.05, 4.69) is 230 Å². The number of rotatable bonds is 6. The van der Waals surface area contributed by atoms with Gasteiger partial charge in [0.1, 0.15) is 0 Å². The third kappa shape index (κ3) is 6.96. The molecule has 292 valence electrons. The summed E-state index contributed by atoms with van der Waals surface area (Å²) in [6.07, 6.45) is 8.26. The van der Waals surface area contributed by atoms with Gasteiger partial charge in [0.25, 0.3) is 0 Å². The molecular formula is C59H52Zr. The van der Waals surface area contributed by atoms with Crippen LogP contribution in [0.2, 0.25) is 0 Å². The van der Waals surface area contributed by atoms with Crippen LogP contribution in [-0.4, -0.2) is 3.21 Å². The fourth-order valence-corrected chi connectivity index (χ4v) is 18.8. The Morgan fingerprint density at radius 1 is 0.450 bits per heavy atom. The van der Waals surface area contributed by atoms with E-state index in [1.807, 2.05) is 0 Å². The summed E-state index contributed by atoms with van der Waals surface area (Å²) in [6, 6.07) is 65.2. The van der Waals surface area contributed by atoms with Crippen LogP contribution in [-0.2, 0) is 32.1 Å². The van der Waals surface area contributed by atoms with Gasteiger partial charge < -0.3 is 0 Å². The van der Waals surface area contributed by atoms with E-state index < -0.39 is 21.3 Å². The van der Waals surface area contributed by atoms with Gasteiger partial charge in [0, 0.05) is 0 Å². The molecule has 2 aliphatic carbocycles. The molecule has 0 bridgehead atoms. The first-order valence-corrected chi connectivity index (χ1v) is 25.5. The first kappa shape index (κ1) is 38.7. The summed E-state index contributed by atoms with van der Waals surface area (Å²) in [4.78, 5) is 0. The molecule has 0 N–H and O–H groups in total. The van der Waals surface area contributed by atoms with E-state index in [0.29, 0.717) is 0 Å². The minimum absolute atomic E-state index is 0.0533. The maximum absolute atomic E-state index is 3.10. The molecule has 8 aromatic rings. The van der Waals surface area contributed by atoms with Crippen LogP contribution in [0.1, 0.15) is 85.0 Å². The van der Waals surface area contributed by atoms with Gasteiger partial charge in [-0.1, -0.05) is 0 Å². The molecular weight excluding hydrogens is 800 g/mol. The number of hydrogen-bond donors (Lipinski definition) is 0. The van der Waals surface area contributed by atoms with Crippen LogP contribution in [0.3, 0.4) is 0 Å². The molecule has 60 heavy (non-hydrogen) atoms. The third-order valence-electron chi connectivity index (χ3n) is 12.8. The van der Waals surface area contributed by atoms with Crippen molar-refractivity contribution in [2.45, 2.75) is 62.4 Å². The number of allylic oxidation sites excluding steroid dienone is 4. The van der Waals surface area contributed by atoms with Crippen molar-refractivity contribution in [1.82, 2.24) is 0 Å². The van der Waals surface area contributed by atoms with Gasteiger partial charge in [-0.15, -0.1) is 0 Å². The van der Waals surface area contributed by atoms with E-state index in [4.69, 9.17) is 0 Å². The van der Waals surface area contributed by atoms with E-state index in [0.717, 1.165) is 6.42 Å². The fourth-order valence-electron chi connectivity index (χ4n) is 9.91. The van der Waals surface area contributed by atoms with E-state index >= 15 is 0 Å². The fraction of sp³-hybridized carbons (Fsp3) is 0.169. The van der Waals surface area contributed by atoms with Gasteiger partial charge >= 0.3 is 367 Å². The molecule has 0 amide bonds. The molecule has 0 fully saturated rings. The average molecular weight is 852 g/mol. The number of benzene rings is 8. The Bertz CT molecular complexity index is 2860. The second kappa shape index (κ2) is 15.2. The molecule has 10 rings (SSSR count). The molecule has 0 heterocycles. The number of hydrogen-bond acceptors (Lipinski definition) is 0. The maximum atomic E-state index is 2.65. The summed E-state index contributed by atoms with van der Waals surface area (Å²) in [5, 5.41) is 5.16. The van der Waals surface area contributed by atoms with Crippen LogP contribution in [0, 0.1) is 0 Å². The summed E-state index contributed by atoms with van der Waals surface area (Å²) in [5.74, 6) is 0. The van der Waals surface area contributed by atoms with Crippen molar-refractivity contribution >= 4 is 24.8 Å². The Morgan fingerprint density at radius 2 is 0.883 bits per heavy atom. The predicted molar refractivity (Wildman–Crippen MR) is 255 cm³/mol. The van der Waals surface area contributed by atoms with Crippen LogP contribution in [0.15, 0.2) is 191 Å². The monoisotopic (exact) mass is 850 g/mol. The number of fused-ring (bicyclic) bond motifs is 5.